The number of hydrogen-bond acceptors (Lipinski definition) is 4. The van der Waals surface area contributed by atoms with E-state index in [1.807, 2.05) is 48.5 Å². The average Bonchev–Trinajstić information content (AvgIpc) is 2.67. The van der Waals surface area contributed by atoms with E-state index in [0.717, 1.165) is 35.9 Å². The zero-order chi connectivity index (χ0) is 17.7. The smallest absolute Gasteiger partial charge is 0.119 e. The third-order valence-corrected chi connectivity index (χ3v) is 3.96. The van der Waals surface area contributed by atoms with Crippen LogP contribution in [0.3, 0.4) is 0 Å². The van der Waals surface area contributed by atoms with Gasteiger partial charge in [-0.3, -0.25) is 0 Å². The van der Waals surface area contributed by atoms with Gasteiger partial charge in [0.05, 0.1) is 25.1 Å². The largest absolute Gasteiger partial charge is 0.497 e. The Hall–Kier alpha value is -2.36. The molecule has 0 aromatic heterocycles. The van der Waals surface area contributed by atoms with Crippen LogP contribution in [0.15, 0.2) is 58.8 Å². The summed E-state index contributed by atoms with van der Waals surface area (Å²) in [6, 6.07) is 15.2. The molecule has 0 aliphatic carbocycles. The number of hydrogen-bond donors (Lipinski definition) is 0. The maximum atomic E-state index is 5.77. The fourth-order valence-corrected chi connectivity index (χ4v) is 2.45. The van der Waals surface area contributed by atoms with Crippen molar-refractivity contribution in [1.29, 1.82) is 0 Å². The molecule has 0 unspecified atom stereocenters. The van der Waals surface area contributed by atoms with Crippen LogP contribution in [-0.2, 0) is 0 Å². The molecule has 0 N–H and O–H groups in total. The van der Waals surface area contributed by atoms with E-state index in [9.17, 15) is 0 Å². The van der Waals surface area contributed by atoms with Crippen molar-refractivity contribution >= 4 is 11.4 Å². The Morgan fingerprint density at radius 3 is 1.76 bits per heavy atom. The molecule has 0 amide bonds. The molecular weight excluding hydrogens is 312 g/mol. The SMILES string of the molecule is CCCCCCCCOc1ccc(N=Nc2ccc(OC)cc2)cc1. The van der Waals surface area contributed by atoms with Crippen molar-refractivity contribution in [3.8, 4) is 11.5 Å². The fourth-order valence-electron chi connectivity index (χ4n) is 2.45. The lowest BCUT2D eigenvalue weighted by Gasteiger charge is -2.06. The van der Waals surface area contributed by atoms with E-state index in [4.69, 9.17) is 9.47 Å². The summed E-state index contributed by atoms with van der Waals surface area (Å²) >= 11 is 0. The van der Waals surface area contributed by atoms with E-state index in [1.54, 1.807) is 7.11 Å². The summed E-state index contributed by atoms with van der Waals surface area (Å²) in [5.41, 5.74) is 1.60. The zero-order valence-corrected chi connectivity index (χ0v) is 15.3. The summed E-state index contributed by atoms with van der Waals surface area (Å²) in [7, 11) is 1.65. The number of nitrogens with zero attached hydrogens (tertiary/aromatic N) is 2. The monoisotopic (exact) mass is 340 g/mol. The van der Waals surface area contributed by atoms with Gasteiger partial charge in [-0.25, -0.2) is 0 Å². The number of unbranched alkanes of at least 4 members (excludes halogenated alkanes) is 5. The molecule has 25 heavy (non-hydrogen) atoms. The van der Waals surface area contributed by atoms with Crippen molar-refractivity contribution in [3.05, 3.63) is 48.5 Å². The number of ether oxygens (including phenoxy) is 2. The predicted molar refractivity (Wildman–Crippen MR) is 102 cm³/mol. The molecule has 2 rings (SSSR count). The van der Waals surface area contributed by atoms with Crippen LogP contribution in [-0.4, -0.2) is 13.7 Å². The van der Waals surface area contributed by atoms with E-state index in [2.05, 4.69) is 17.2 Å². The Morgan fingerprint density at radius 2 is 1.20 bits per heavy atom. The van der Waals surface area contributed by atoms with Crippen LogP contribution in [0.25, 0.3) is 0 Å². The third-order valence-electron chi connectivity index (χ3n) is 3.96. The molecule has 0 radical (unpaired) electrons. The van der Waals surface area contributed by atoms with Crippen molar-refractivity contribution in [2.75, 3.05) is 13.7 Å². The van der Waals surface area contributed by atoms with Crippen LogP contribution in [0.1, 0.15) is 45.4 Å². The topological polar surface area (TPSA) is 43.2 Å². The van der Waals surface area contributed by atoms with Crippen molar-refractivity contribution in [2.45, 2.75) is 45.4 Å². The molecule has 0 aliphatic rings. The van der Waals surface area contributed by atoms with Crippen molar-refractivity contribution in [1.82, 2.24) is 0 Å². The first-order valence-electron chi connectivity index (χ1n) is 9.10. The Labute approximate surface area is 150 Å². The fraction of sp³-hybridized carbons (Fsp3) is 0.429. The molecule has 0 bridgehead atoms. The van der Waals surface area contributed by atoms with Crippen LogP contribution in [0.2, 0.25) is 0 Å². The standard InChI is InChI=1S/C21H28N2O2/c1-3-4-5-6-7-8-17-25-21-15-11-19(12-16-21)23-22-18-9-13-20(24-2)14-10-18/h9-16H,3-8,17H2,1-2H3. The first kappa shape index (κ1) is 19.0. The summed E-state index contributed by atoms with van der Waals surface area (Å²) in [4.78, 5) is 0. The quantitative estimate of drug-likeness (QED) is 0.331. The zero-order valence-electron chi connectivity index (χ0n) is 15.3. The van der Waals surface area contributed by atoms with E-state index < -0.39 is 0 Å². The van der Waals surface area contributed by atoms with Gasteiger partial charge in [0.2, 0.25) is 0 Å². The maximum Gasteiger partial charge on any atom is 0.119 e. The molecule has 2 aromatic rings. The average molecular weight is 340 g/mol. The maximum absolute atomic E-state index is 5.77. The van der Waals surface area contributed by atoms with Crippen molar-refractivity contribution in [3.63, 3.8) is 0 Å². The van der Waals surface area contributed by atoms with Gasteiger partial charge in [0.15, 0.2) is 0 Å². The molecule has 0 atom stereocenters. The summed E-state index contributed by atoms with van der Waals surface area (Å²) in [5, 5.41) is 8.46. The van der Waals surface area contributed by atoms with Gasteiger partial charge in [-0.15, -0.1) is 0 Å². The number of azo groups is 1. The highest BCUT2D eigenvalue weighted by Crippen LogP contribution is 2.23. The Balaban J connectivity index is 1.72. The van der Waals surface area contributed by atoms with Crippen molar-refractivity contribution in [2.24, 2.45) is 10.2 Å². The van der Waals surface area contributed by atoms with Crippen LogP contribution < -0.4 is 9.47 Å². The summed E-state index contributed by atoms with van der Waals surface area (Å²) in [6.45, 7) is 3.02. The molecule has 0 aliphatic heterocycles. The van der Waals surface area contributed by atoms with Gasteiger partial charge in [0.25, 0.3) is 0 Å². The summed E-state index contributed by atoms with van der Waals surface area (Å²) in [5.74, 6) is 1.70. The second kappa shape index (κ2) is 11.2. The highest BCUT2D eigenvalue weighted by Gasteiger charge is 1.97. The second-order valence-corrected chi connectivity index (χ2v) is 6.01. The number of benzene rings is 2. The van der Waals surface area contributed by atoms with Crippen molar-refractivity contribution < 1.29 is 9.47 Å². The molecule has 0 spiro atoms. The lowest BCUT2D eigenvalue weighted by molar-refractivity contribution is 0.304. The van der Waals surface area contributed by atoms with E-state index >= 15 is 0 Å². The lowest BCUT2D eigenvalue weighted by atomic mass is 10.1. The minimum atomic E-state index is 0.777. The molecular formula is C21H28N2O2. The number of rotatable bonds is 11. The normalized spacial score (nSPS) is 11.0. The molecule has 0 fully saturated rings. The van der Waals surface area contributed by atoms with Gasteiger partial charge in [-0.05, 0) is 55.0 Å². The molecule has 4 heteroatoms. The highest BCUT2D eigenvalue weighted by molar-refractivity contribution is 5.44. The molecule has 134 valence electrons. The van der Waals surface area contributed by atoms with E-state index in [1.165, 1.54) is 32.1 Å². The number of methoxy groups -OCH3 is 1. The summed E-state index contributed by atoms with van der Waals surface area (Å²) in [6.07, 6.45) is 7.63. The van der Waals surface area contributed by atoms with Gasteiger partial charge in [0.1, 0.15) is 11.5 Å². The molecule has 0 heterocycles. The van der Waals surface area contributed by atoms with Gasteiger partial charge in [0, 0.05) is 0 Å². The summed E-state index contributed by atoms with van der Waals surface area (Å²) < 4.78 is 10.9. The van der Waals surface area contributed by atoms with Crippen LogP contribution in [0.5, 0.6) is 11.5 Å². The van der Waals surface area contributed by atoms with Gasteiger partial charge < -0.3 is 9.47 Å². The minimum absolute atomic E-state index is 0.777. The Bertz CT molecular complexity index is 621. The van der Waals surface area contributed by atoms with Gasteiger partial charge >= 0.3 is 0 Å². The van der Waals surface area contributed by atoms with Crippen LogP contribution in [0.4, 0.5) is 11.4 Å². The second-order valence-electron chi connectivity index (χ2n) is 6.01. The lowest BCUT2D eigenvalue weighted by Crippen LogP contribution is -1.96. The first-order valence-corrected chi connectivity index (χ1v) is 9.10. The Kier molecular flexibility index (Phi) is 8.53. The molecule has 2 aromatic carbocycles. The molecule has 0 saturated carbocycles. The minimum Gasteiger partial charge on any atom is -0.497 e. The predicted octanol–water partition coefficient (Wildman–Crippen LogP) is 6.85. The first-order chi connectivity index (χ1) is 12.3. The Morgan fingerprint density at radius 1 is 0.680 bits per heavy atom. The molecule has 4 nitrogen and oxygen atoms in total. The van der Waals surface area contributed by atoms with E-state index in [-0.39, 0.29) is 0 Å². The van der Waals surface area contributed by atoms with Crippen LogP contribution in [0, 0.1) is 0 Å². The van der Waals surface area contributed by atoms with Crippen LogP contribution >= 0.6 is 0 Å². The van der Waals surface area contributed by atoms with Gasteiger partial charge in [-0.2, -0.15) is 10.2 Å². The van der Waals surface area contributed by atoms with Gasteiger partial charge in [-0.1, -0.05) is 39.0 Å². The molecule has 0 saturated heterocycles. The third kappa shape index (κ3) is 7.38. The van der Waals surface area contributed by atoms with E-state index in [0.29, 0.717) is 0 Å². The highest BCUT2D eigenvalue weighted by atomic mass is 16.5.